The monoisotopic (exact) mass is 222 g/mol. The Hall–Kier alpha value is -1.62. The molecule has 5 nitrogen and oxygen atoms in total. The highest BCUT2D eigenvalue weighted by atomic mass is 16.5. The second-order valence-corrected chi connectivity index (χ2v) is 3.80. The van der Waals surface area contributed by atoms with Crippen LogP contribution in [0.1, 0.15) is 16.8 Å². The van der Waals surface area contributed by atoms with Crippen molar-refractivity contribution in [2.45, 2.75) is 12.5 Å². The third-order valence-corrected chi connectivity index (χ3v) is 2.80. The number of aromatic carboxylic acids is 1. The summed E-state index contributed by atoms with van der Waals surface area (Å²) in [5, 5.41) is 8.75. The molecular weight excluding hydrogens is 208 g/mol. The van der Waals surface area contributed by atoms with Crippen LogP contribution >= 0.6 is 0 Å². The standard InChI is InChI=1S/C11H14N2O3/c1-16-9-4-5-13(7-9)10-3-2-8(6-12-10)11(14)15/h2-3,6,9H,4-5,7H2,1H3,(H,14,15). The maximum atomic E-state index is 10.7. The van der Waals surface area contributed by atoms with E-state index in [1.165, 1.54) is 6.20 Å². The molecule has 86 valence electrons. The highest BCUT2D eigenvalue weighted by Crippen LogP contribution is 2.19. The van der Waals surface area contributed by atoms with Crippen molar-refractivity contribution in [3.05, 3.63) is 23.9 Å². The lowest BCUT2D eigenvalue weighted by Gasteiger charge is -2.16. The predicted molar refractivity (Wildman–Crippen MR) is 58.8 cm³/mol. The number of hydrogen-bond acceptors (Lipinski definition) is 4. The summed E-state index contributed by atoms with van der Waals surface area (Å²) in [7, 11) is 1.70. The molecule has 0 radical (unpaired) electrons. The largest absolute Gasteiger partial charge is 0.478 e. The number of hydrogen-bond donors (Lipinski definition) is 1. The molecule has 1 unspecified atom stereocenters. The van der Waals surface area contributed by atoms with Crippen molar-refractivity contribution >= 4 is 11.8 Å². The van der Waals surface area contributed by atoms with E-state index in [-0.39, 0.29) is 11.7 Å². The minimum absolute atomic E-state index is 0.214. The van der Waals surface area contributed by atoms with Crippen molar-refractivity contribution in [1.82, 2.24) is 4.98 Å². The maximum absolute atomic E-state index is 10.7. The van der Waals surface area contributed by atoms with E-state index in [9.17, 15) is 4.79 Å². The molecular formula is C11H14N2O3. The summed E-state index contributed by atoms with van der Waals surface area (Å²) in [5.74, 6) is -0.139. The van der Waals surface area contributed by atoms with Crippen molar-refractivity contribution in [3.8, 4) is 0 Å². The van der Waals surface area contributed by atoms with Crippen molar-refractivity contribution in [2.24, 2.45) is 0 Å². The maximum Gasteiger partial charge on any atom is 0.337 e. The van der Waals surface area contributed by atoms with Gasteiger partial charge in [-0.25, -0.2) is 9.78 Å². The molecule has 1 saturated heterocycles. The fourth-order valence-corrected chi connectivity index (χ4v) is 1.83. The Morgan fingerprint density at radius 2 is 2.44 bits per heavy atom. The number of methoxy groups -OCH3 is 1. The summed E-state index contributed by atoms with van der Waals surface area (Å²) in [5.41, 5.74) is 0.214. The Labute approximate surface area is 93.7 Å². The van der Waals surface area contributed by atoms with E-state index in [4.69, 9.17) is 9.84 Å². The summed E-state index contributed by atoms with van der Waals surface area (Å²) in [6.07, 6.45) is 2.62. The zero-order valence-corrected chi connectivity index (χ0v) is 9.09. The molecule has 2 heterocycles. The third kappa shape index (κ3) is 2.14. The van der Waals surface area contributed by atoms with Crippen LogP contribution in [0.25, 0.3) is 0 Å². The molecule has 1 atom stereocenters. The Bertz CT molecular complexity index is 377. The van der Waals surface area contributed by atoms with Gasteiger partial charge in [0.1, 0.15) is 5.82 Å². The fraction of sp³-hybridized carbons (Fsp3) is 0.455. The second-order valence-electron chi connectivity index (χ2n) is 3.80. The van der Waals surface area contributed by atoms with Crippen LogP contribution in [0, 0.1) is 0 Å². The summed E-state index contributed by atoms with van der Waals surface area (Å²) in [4.78, 5) is 16.9. The molecule has 2 rings (SSSR count). The van der Waals surface area contributed by atoms with Crippen LogP contribution in [0.15, 0.2) is 18.3 Å². The van der Waals surface area contributed by atoms with Gasteiger partial charge in [0.25, 0.3) is 0 Å². The van der Waals surface area contributed by atoms with E-state index in [0.717, 1.165) is 25.3 Å². The first-order chi connectivity index (χ1) is 7.70. The zero-order chi connectivity index (χ0) is 11.5. The summed E-state index contributed by atoms with van der Waals surface area (Å²) in [6.45, 7) is 1.72. The smallest absolute Gasteiger partial charge is 0.337 e. The SMILES string of the molecule is COC1CCN(c2ccc(C(=O)O)cn2)C1. The molecule has 16 heavy (non-hydrogen) atoms. The van der Waals surface area contributed by atoms with Crippen LogP contribution in [0.5, 0.6) is 0 Å². The average Bonchev–Trinajstić information content (AvgIpc) is 2.77. The normalized spacial score (nSPS) is 20.1. The van der Waals surface area contributed by atoms with Crippen molar-refractivity contribution < 1.29 is 14.6 Å². The lowest BCUT2D eigenvalue weighted by Crippen LogP contribution is -2.23. The van der Waals surface area contributed by atoms with Crippen LogP contribution in [0.3, 0.4) is 0 Å². The van der Waals surface area contributed by atoms with Crippen LogP contribution in [-0.2, 0) is 4.74 Å². The van der Waals surface area contributed by atoms with E-state index in [1.807, 2.05) is 0 Å². The van der Waals surface area contributed by atoms with Gasteiger partial charge in [-0.3, -0.25) is 0 Å². The zero-order valence-electron chi connectivity index (χ0n) is 9.09. The van der Waals surface area contributed by atoms with Gasteiger partial charge in [0.05, 0.1) is 11.7 Å². The van der Waals surface area contributed by atoms with Gasteiger partial charge in [-0.05, 0) is 18.6 Å². The second kappa shape index (κ2) is 4.49. The first kappa shape index (κ1) is 10.9. The van der Waals surface area contributed by atoms with E-state index in [0.29, 0.717) is 0 Å². The Morgan fingerprint density at radius 3 is 2.94 bits per heavy atom. The third-order valence-electron chi connectivity index (χ3n) is 2.80. The van der Waals surface area contributed by atoms with E-state index in [2.05, 4.69) is 9.88 Å². The molecule has 1 fully saturated rings. The van der Waals surface area contributed by atoms with Gasteiger partial charge in [-0.15, -0.1) is 0 Å². The fourth-order valence-electron chi connectivity index (χ4n) is 1.83. The molecule has 5 heteroatoms. The number of carboxylic acids is 1. The molecule has 0 amide bonds. The minimum Gasteiger partial charge on any atom is -0.478 e. The number of rotatable bonds is 3. The highest BCUT2D eigenvalue weighted by Gasteiger charge is 2.22. The van der Waals surface area contributed by atoms with E-state index < -0.39 is 5.97 Å². The van der Waals surface area contributed by atoms with Crippen LogP contribution in [0.4, 0.5) is 5.82 Å². The molecule has 1 N–H and O–H groups in total. The molecule has 0 aromatic carbocycles. The predicted octanol–water partition coefficient (Wildman–Crippen LogP) is 1.00. The average molecular weight is 222 g/mol. The quantitative estimate of drug-likeness (QED) is 0.826. The van der Waals surface area contributed by atoms with Gasteiger partial charge in [-0.2, -0.15) is 0 Å². The molecule has 0 aliphatic carbocycles. The number of anilines is 1. The molecule has 1 aliphatic heterocycles. The van der Waals surface area contributed by atoms with Crippen LogP contribution < -0.4 is 4.90 Å². The topological polar surface area (TPSA) is 62.7 Å². The Morgan fingerprint density at radius 1 is 1.62 bits per heavy atom. The van der Waals surface area contributed by atoms with Crippen LogP contribution in [0.2, 0.25) is 0 Å². The number of carbonyl (C=O) groups is 1. The van der Waals surface area contributed by atoms with Gasteiger partial charge in [-0.1, -0.05) is 0 Å². The van der Waals surface area contributed by atoms with Crippen LogP contribution in [-0.4, -0.2) is 42.4 Å². The molecule has 0 bridgehead atoms. The first-order valence-electron chi connectivity index (χ1n) is 5.18. The summed E-state index contributed by atoms with van der Waals surface area (Å²) < 4.78 is 5.26. The Balaban J connectivity index is 2.08. The van der Waals surface area contributed by atoms with Gasteiger partial charge in [0.15, 0.2) is 0 Å². The highest BCUT2D eigenvalue weighted by molar-refractivity contribution is 5.87. The van der Waals surface area contributed by atoms with Crippen molar-refractivity contribution in [1.29, 1.82) is 0 Å². The summed E-state index contributed by atoms with van der Waals surface area (Å²) >= 11 is 0. The van der Waals surface area contributed by atoms with Gasteiger partial charge < -0.3 is 14.7 Å². The molecule has 0 saturated carbocycles. The van der Waals surface area contributed by atoms with Crippen molar-refractivity contribution in [3.63, 3.8) is 0 Å². The summed E-state index contributed by atoms with van der Waals surface area (Å²) in [6, 6.07) is 3.31. The number of aromatic nitrogens is 1. The Kier molecular flexibility index (Phi) is 3.05. The molecule has 0 spiro atoms. The molecule has 1 aliphatic rings. The minimum atomic E-state index is -0.949. The molecule has 1 aromatic rings. The van der Waals surface area contributed by atoms with Gasteiger partial charge >= 0.3 is 5.97 Å². The van der Waals surface area contributed by atoms with Gasteiger partial charge in [0, 0.05) is 26.4 Å². The van der Waals surface area contributed by atoms with E-state index in [1.54, 1.807) is 19.2 Å². The number of pyridine rings is 1. The number of nitrogens with zero attached hydrogens (tertiary/aromatic N) is 2. The number of ether oxygens (including phenoxy) is 1. The lowest BCUT2D eigenvalue weighted by molar-refractivity contribution is 0.0696. The van der Waals surface area contributed by atoms with E-state index >= 15 is 0 Å². The van der Waals surface area contributed by atoms with Gasteiger partial charge in [0.2, 0.25) is 0 Å². The lowest BCUT2D eigenvalue weighted by atomic mass is 10.3. The van der Waals surface area contributed by atoms with Crippen molar-refractivity contribution in [2.75, 3.05) is 25.1 Å². The number of carboxylic acid groups (broad SMARTS) is 1. The molecule has 1 aromatic heterocycles. The first-order valence-corrected chi connectivity index (χ1v) is 5.18.